The quantitative estimate of drug-likeness (QED) is 0.117. The molecule has 27 heteroatoms. The molecule has 0 aliphatic carbocycles. The highest BCUT2D eigenvalue weighted by atomic mass is 16.5. The van der Waals surface area contributed by atoms with Crippen LogP contribution >= 0.6 is 0 Å². The Balaban J connectivity index is -0.0000000117. The summed E-state index contributed by atoms with van der Waals surface area (Å²) in [4.78, 5) is 0. The van der Waals surface area contributed by atoms with Crippen LogP contribution in [0.25, 0.3) is 0 Å². The highest BCUT2D eigenvalue weighted by Crippen LogP contribution is 1.16. The van der Waals surface area contributed by atoms with E-state index in [1.807, 2.05) is 0 Å². The van der Waals surface area contributed by atoms with Gasteiger partial charge in [-0.25, -0.2) is 0 Å². The van der Waals surface area contributed by atoms with Crippen molar-refractivity contribution in [3.05, 3.63) is 0 Å². The molecule has 0 rings (SSSR count). The van der Waals surface area contributed by atoms with E-state index in [0.717, 1.165) is 0 Å². The molecule has 0 unspecified atom stereocenters. The zero-order valence-corrected chi connectivity index (χ0v) is 26.0. The van der Waals surface area contributed by atoms with Crippen molar-refractivity contribution in [3.63, 3.8) is 0 Å². The molecule has 0 aromatic carbocycles. The predicted molar refractivity (Wildman–Crippen MR) is 122 cm³/mol. The minimum Gasteiger partial charge on any atom is -0.907 e. The minimum absolute atomic E-state index is 1.75. The third-order valence-corrected chi connectivity index (χ3v) is 0. The van der Waals surface area contributed by atoms with Gasteiger partial charge < -0.3 is 123 Å². The van der Waals surface area contributed by atoms with Gasteiger partial charge in [-0.3, -0.25) is 22.0 Å². The average molecular weight is 589 g/mol. The third-order valence-electron chi connectivity index (χ3n) is 0. The molecule has 0 atom stereocenters. The Morgan fingerprint density at radius 3 is 0.263 bits per heavy atom. The first kappa shape index (κ1) is 98.8. The SMILES string of the molecule is C[NH3+].C[NH3+].C[NH3+].C[NH3+].C[NH3+].C[NH3+].C[NH3+].C[NH3+].C[NH3+].C[NH3+].C[NH3+].[O-]B([O-])O.[O-]B([O-])[O-].[O-]B([O-])[O-].[O-]B([O-])[O-]. The molecule has 0 aromatic heterocycles. The van der Waals surface area contributed by atoms with Gasteiger partial charge in [-0.15, -0.1) is 0 Å². The number of hydrogen-bond donors (Lipinski definition) is 12. The maximum atomic E-state index is 8.53. The molecule has 0 fully saturated rings. The minimum atomic E-state index is -2.92. The summed E-state index contributed by atoms with van der Waals surface area (Å²) in [6.07, 6.45) is 0. The second-order valence-corrected chi connectivity index (χ2v) is 1.17. The lowest BCUT2D eigenvalue weighted by molar-refractivity contribution is -0.481. The Kier molecular flexibility index (Phi) is 918. The first-order valence-electron chi connectivity index (χ1n) is 10.6. The standard InChI is InChI=1S/11CH5N.BHO3.3BO3/c11*1-2;4*2-1(3)4/h11*2H2,1H3;2H;;;/q;;;;;;;;;;;-2;3*-3/p+11. The number of hydrogen-bond acceptors (Lipinski definition) is 12. The van der Waals surface area contributed by atoms with Crippen LogP contribution in [0.1, 0.15) is 0 Å². The molecule has 0 saturated heterocycles. The normalized spacial score (nSPS) is 4.58. The highest BCUT2D eigenvalue weighted by molar-refractivity contribution is 6.26. The lowest BCUT2D eigenvalue weighted by Crippen LogP contribution is -2.56. The van der Waals surface area contributed by atoms with Gasteiger partial charge in [0.1, 0.15) is 0 Å². The molecular formula is C11H67B4N11O12. The molecular weight excluding hydrogens is 521 g/mol. The van der Waals surface area contributed by atoms with Crippen molar-refractivity contribution in [2.24, 2.45) is 0 Å². The van der Waals surface area contributed by atoms with Crippen molar-refractivity contribution in [2.45, 2.75) is 0 Å². The van der Waals surface area contributed by atoms with Gasteiger partial charge in [0.05, 0.1) is 84.8 Å². The van der Waals surface area contributed by atoms with Gasteiger partial charge in [-0.2, -0.15) is 0 Å². The molecule has 0 amide bonds. The van der Waals surface area contributed by atoms with Crippen molar-refractivity contribution in [3.8, 4) is 0 Å². The zero-order valence-electron chi connectivity index (χ0n) is 26.0. The average Bonchev–Trinajstić information content (AvgIpc) is 2.95. The second kappa shape index (κ2) is 353. The Morgan fingerprint density at radius 2 is 0.263 bits per heavy atom. The maximum absolute atomic E-state index is 8.53. The summed E-state index contributed by atoms with van der Waals surface area (Å²) in [6, 6.07) is 0. The van der Waals surface area contributed by atoms with Gasteiger partial charge in [0.15, 0.2) is 0 Å². The van der Waals surface area contributed by atoms with E-state index in [0.29, 0.717) is 0 Å². The van der Waals surface area contributed by atoms with Crippen LogP contribution in [-0.4, -0.2) is 112 Å². The van der Waals surface area contributed by atoms with Gasteiger partial charge in [0, 0.05) is 0 Å². The van der Waals surface area contributed by atoms with Gasteiger partial charge in [0.2, 0.25) is 0 Å². The van der Waals surface area contributed by atoms with Crippen molar-refractivity contribution in [1.82, 2.24) is 0 Å². The summed E-state index contributed by atoms with van der Waals surface area (Å²) in [6.45, 7) is 0. The van der Waals surface area contributed by atoms with E-state index in [1.54, 1.807) is 77.5 Å². The van der Waals surface area contributed by atoms with E-state index in [1.165, 1.54) is 0 Å². The molecule has 38 heavy (non-hydrogen) atoms. The molecule has 0 aliphatic heterocycles. The van der Waals surface area contributed by atoms with E-state index >= 15 is 0 Å². The summed E-state index contributed by atoms with van der Waals surface area (Å²) in [5, 5.41) is 99.8. The molecule has 0 heterocycles. The van der Waals surface area contributed by atoms with Gasteiger partial charge >= 0.3 is 0 Å². The van der Waals surface area contributed by atoms with Gasteiger partial charge in [-0.1, -0.05) is 0 Å². The molecule has 0 radical (unpaired) electrons. The Morgan fingerprint density at radius 1 is 0.263 bits per heavy atom. The molecule has 0 spiro atoms. The summed E-state index contributed by atoms with van der Waals surface area (Å²) in [7, 11) is 7.83. The van der Waals surface area contributed by atoms with Crippen LogP contribution in [-0.2, 0) is 0 Å². The summed E-state index contributed by atoms with van der Waals surface area (Å²) in [5.74, 6) is 0. The Hall–Kier alpha value is -0.660. The largest absolute Gasteiger partial charge is 0.907 e. The molecule has 34 N–H and O–H groups in total. The van der Waals surface area contributed by atoms with Crippen LogP contribution in [0, 0.1) is 0 Å². The van der Waals surface area contributed by atoms with E-state index in [2.05, 4.69) is 63.1 Å². The molecule has 0 saturated carbocycles. The van der Waals surface area contributed by atoms with Gasteiger partial charge in [-0.05, 0) is 0 Å². The monoisotopic (exact) mass is 590 g/mol. The first-order chi connectivity index (χ1) is 17.9. The lowest BCUT2D eigenvalue weighted by Gasteiger charge is -2.35. The van der Waals surface area contributed by atoms with Crippen LogP contribution in [0.15, 0.2) is 0 Å². The molecule has 23 nitrogen and oxygen atoms in total. The molecule has 0 aliphatic rings. The smallest absolute Gasteiger partial charge is 0.0634 e. The molecule has 0 bridgehead atoms. The lowest BCUT2D eigenvalue weighted by atomic mass is 10.3. The van der Waals surface area contributed by atoms with E-state index in [-0.39, 0.29) is 0 Å². The fraction of sp³-hybridized carbons (Fsp3) is 1.00. The number of rotatable bonds is 0. The first-order valence-corrected chi connectivity index (χ1v) is 10.6. The predicted octanol–water partition coefficient (Wildman–Crippen LogP) is -27.7. The maximum Gasteiger partial charge on any atom is 0.0634 e. The topological polar surface area (TPSA) is 578 Å². The van der Waals surface area contributed by atoms with E-state index < -0.39 is 29.3 Å². The fourth-order valence-corrected chi connectivity index (χ4v) is 0. The molecule has 0 aromatic rings. The summed E-state index contributed by atoms with van der Waals surface area (Å²) in [5.41, 5.74) is 35.8. The van der Waals surface area contributed by atoms with Crippen LogP contribution < -0.4 is 118 Å². The van der Waals surface area contributed by atoms with Crippen LogP contribution in [0.3, 0.4) is 0 Å². The summed E-state index contributed by atoms with van der Waals surface area (Å²) >= 11 is 0. The fourth-order valence-electron chi connectivity index (χ4n) is 0. The Labute approximate surface area is 230 Å². The highest BCUT2D eigenvalue weighted by Gasteiger charge is 1.44. The third kappa shape index (κ3) is 95600. The van der Waals surface area contributed by atoms with Crippen molar-refractivity contribution < 1.29 is 123 Å². The van der Waals surface area contributed by atoms with Crippen molar-refractivity contribution in [1.29, 1.82) is 0 Å². The Bertz CT molecular complexity index is 115. The van der Waals surface area contributed by atoms with E-state index in [4.69, 9.17) is 60.3 Å². The zero-order chi connectivity index (χ0) is 36.3. The van der Waals surface area contributed by atoms with E-state index in [9.17, 15) is 0 Å². The van der Waals surface area contributed by atoms with Crippen LogP contribution in [0.2, 0.25) is 0 Å². The van der Waals surface area contributed by atoms with Crippen molar-refractivity contribution in [2.75, 3.05) is 77.5 Å². The van der Waals surface area contributed by atoms with Crippen LogP contribution in [0.4, 0.5) is 0 Å². The second-order valence-electron chi connectivity index (χ2n) is 1.17. The van der Waals surface area contributed by atoms with Crippen LogP contribution in [0.5, 0.6) is 0 Å². The molecule has 250 valence electrons. The summed E-state index contributed by atoms with van der Waals surface area (Å²) < 4.78 is 0. The number of quaternary nitrogens is 11. The van der Waals surface area contributed by atoms with Gasteiger partial charge in [0.25, 0.3) is 0 Å². The van der Waals surface area contributed by atoms with Crippen molar-refractivity contribution >= 4 is 29.3 Å².